The average Bonchev–Trinajstić information content (AvgIpc) is 2.78. The fourth-order valence-electron chi connectivity index (χ4n) is 3.58. The zero-order valence-corrected chi connectivity index (χ0v) is 19.9. The number of hydrogen-bond donors (Lipinski definition) is 0. The van der Waals surface area contributed by atoms with Gasteiger partial charge in [-0.1, -0.05) is 28.1 Å². The van der Waals surface area contributed by atoms with Crippen LogP contribution in [0.1, 0.15) is 47.5 Å². The second-order valence-electron chi connectivity index (χ2n) is 7.58. The van der Waals surface area contributed by atoms with Crippen LogP contribution >= 0.6 is 15.9 Å². The van der Waals surface area contributed by atoms with Crippen LogP contribution in [-0.2, 0) is 4.74 Å². The van der Waals surface area contributed by atoms with Gasteiger partial charge in [-0.25, -0.2) is 9.78 Å². The number of carbonyl (C=O) groups excluding carboxylic acids is 2. The summed E-state index contributed by atoms with van der Waals surface area (Å²) in [6.45, 7) is 5.55. The number of hydrogen-bond acceptors (Lipinski definition) is 5. The summed E-state index contributed by atoms with van der Waals surface area (Å²) in [4.78, 5) is 48.1. The Labute approximate surface area is 197 Å². The molecule has 9 heteroatoms. The van der Waals surface area contributed by atoms with E-state index in [0.29, 0.717) is 16.9 Å². The summed E-state index contributed by atoms with van der Waals surface area (Å²) in [5.41, 5.74) is 0.901. The Bertz CT molecular complexity index is 1540. The van der Waals surface area contributed by atoms with Gasteiger partial charge in [-0.15, -0.1) is 0 Å². The van der Waals surface area contributed by atoms with Crippen molar-refractivity contribution in [2.75, 3.05) is 6.61 Å². The first-order chi connectivity index (χ1) is 15.8. The van der Waals surface area contributed by atoms with Crippen LogP contribution in [0, 0.1) is 0 Å². The minimum Gasteiger partial charge on any atom is -0.462 e. The van der Waals surface area contributed by atoms with Crippen LogP contribution in [0.3, 0.4) is 0 Å². The molecular formula is C24H21BrN4O4. The molecule has 1 aromatic carbocycles. The van der Waals surface area contributed by atoms with E-state index in [4.69, 9.17) is 4.74 Å². The summed E-state index contributed by atoms with van der Waals surface area (Å²) in [6.07, 6.45) is 1.61. The van der Waals surface area contributed by atoms with Crippen molar-refractivity contribution >= 4 is 44.5 Å². The highest BCUT2D eigenvalue weighted by atomic mass is 79.9. The monoisotopic (exact) mass is 508 g/mol. The molecule has 0 fully saturated rings. The van der Waals surface area contributed by atoms with Gasteiger partial charge in [0.25, 0.3) is 11.5 Å². The normalized spacial score (nSPS) is 12.0. The van der Waals surface area contributed by atoms with Crippen LogP contribution in [0.2, 0.25) is 0 Å². The predicted octanol–water partition coefficient (Wildman–Crippen LogP) is 3.91. The van der Waals surface area contributed by atoms with Crippen molar-refractivity contribution in [2.45, 2.75) is 26.8 Å². The van der Waals surface area contributed by atoms with E-state index in [1.807, 2.05) is 13.8 Å². The summed E-state index contributed by atoms with van der Waals surface area (Å²) < 4.78 is 8.99. The van der Waals surface area contributed by atoms with Gasteiger partial charge in [0.05, 0.1) is 12.0 Å². The van der Waals surface area contributed by atoms with Gasteiger partial charge >= 0.3 is 5.97 Å². The lowest BCUT2D eigenvalue weighted by Crippen LogP contribution is -2.33. The van der Waals surface area contributed by atoms with Crippen molar-refractivity contribution < 1.29 is 14.3 Å². The highest BCUT2D eigenvalue weighted by Gasteiger charge is 2.21. The smallest absolute Gasteiger partial charge is 0.341 e. The maximum atomic E-state index is 13.2. The van der Waals surface area contributed by atoms with E-state index < -0.39 is 11.9 Å². The van der Waals surface area contributed by atoms with Crippen LogP contribution in [0.25, 0.3) is 16.7 Å². The largest absolute Gasteiger partial charge is 0.462 e. The lowest BCUT2D eigenvalue weighted by atomic mass is 10.1. The van der Waals surface area contributed by atoms with Crippen molar-refractivity contribution in [3.05, 3.63) is 86.2 Å². The molecule has 3 heterocycles. The SMILES string of the molecule is CCOC(=O)c1cc2c(=O)n3ccccc3nc2n(C(C)C)c1=NC(=O)c1cccc(Br)c1. The zero-order chi connectivity index (χ0) is 23.7. The molecule has 0 radical (unpaired) electrons. The van der Waals surface area contributed by atoms with Gasteiger partial charge in [0.2, 0.25) is 0 Å². The zero-order valence-electron chi connectivity index (χ0n) is 18.3. The fourth-order valence-corrected chi connectivity index (χ4v) is 3.98. The highest BCUT2D eigenvalue weighted by Crippen LogP contribution is 2.16. The van der Waals surface area contributed by atoms with Gasteiger partial charge < -0.3 is 9.30 Å². The lowest BCUT2D eigenvalue weighted by Gasteiger charge is -2.17. The van der Waals surface area contributed by atoms with Gasteiger partial charge in [0.1, 0.15) is 16.9 Å². The second kappa shape index (κ2) is 9.11. The Morgan fingerprint density at radius 2 is 1.94 bits per heavy atom. The van der Waals surface area contributed by atoms with E-state index in [1.165, 1.54) is 10.5 Å². The molecule has 0 aliphatic heterocycles. The van der Waals surface area contributed by atoms with E-state index in [-0.39, 0.29) is 34.6 Å². The Hall–Kier alpha value is -3.59. The fraction of sp³-hybridized carbons (Fsp3) is 0.208. The van der Waals surface area contributed by atoms with Crippen LogP contribution < -0.4 is 11.0 Å². The number of nitrogens with zero attached hydrogens (tertiary/aromatic N) is 4. The lowest BCUT2D eigenvalue weighted by molar-refractivity contribution is 0.0523. The molecule has 4 rings (SSSR count). The van der Waals surface area contributed by atoms with Crippen molar-refractivity contribution in [3.8, 4) is 0 Å². The molecule has 0 N–H and O–H groups in total. The van der Waals surface area contributed by atoms with Gasteiger partial charge in [-0.3, -0.25) is 14.0 Å². The van der Waals surface area contributed by atoms with E-state index >= 15 is 0 Å². The minimum absolute atomic E-state index is 0.0242. The quantitative estimate of drug-likeness (QED) is 0.307. The number of benzene rings is 1. The Balaban J connectivity index is 2.15. The molecule has 0 atom stereocenters. The van der Waals surface area contributed by atoms with Crippen LogP contribution in [0.4, 0.5) is 0 Å². The molecule has 8 nitrogen and oxygen atoms in total. The molecule has 33 heavy (non-hydrogen) atoms. The van der Waals surface area contributed by atoms with Crippen molar-refractivity contribution in [1.29, 1.82) is 0 Å². The molecule has 0 bridgehead atoms. The first kappa shape index (κ1) is 22.6. The molecule has 0 aliphatic carbocycles. The molecule has 0 saturated carbocycles. The number of carbonyl (C=O) groups is 2. The third-order valence-electron chi connectivity index (χ3n) is 5.03. The number of halogens is 1. The molecule has 0 saturated heterocycles. The molecular weight excluding hydrogens is 488 g/mol. The van der Waals surface area contributed by atoms with Crippen molar-refractivity contribution in [2.24, 2.45) is 4.99 Å². The number of ether oxygens (including phenoxy) is 1. The molecule has 0 spiro atoms. The maximum absolute atomic E-state index is 13.2. The highest BCUT2D eigenvalue weighted by molar-refractivity contribution is 9.10. The first-order valence-corrected chi connectivity index (χ1v) is 11.2. The number of rotatable bonds is 4. The second-order valence-corrected chi connectivity index (χ2v) is 8.49. The number of pyridine rings is 2. The van der Waals surface area contributed by atoms with E-state index in [2.05, 4.69) is 25.9 Å². The van der Waals surface area contributed by atoms with Crippen LogP contribution in [0.5, 0.6) is 0 Å². The van der Waals surface area contributed by atoms with Crippen molar-refractivity contribution in [3.63, 3.8) is 0 Å². The average molecular weight is 509 g/mol. The summed E-state index contributed by atoms with van der Waals surface area (Å²) in [5, 5.41) is 0.226. The third-order valence-corrected chi connectivity index (χ3v) is 5.52. The Morgan fingerprint density at radius 1 is 1.15 bits per heavy atom. The number of esters is 1. The van der Waals surface area contributed by atoms with E-state index in [1.54, 1.807) is 60.2 Å². The summed E-state index contributed by atoms with van der Waals surface area (Å²) in [5.74, 6) is -1.21. The number of fused-ring (bicyclic) bond motifs is 2. The minimum atomic E-state index is -0.674. The van der Waals surface area contributed by atoms with Gasteiger partial charge in [0.15, 0.2) is 5.49 Å². The van der Waals surface area contributed by atoms with E-state index in [0.717, 1.165) is 4.47 Å². The number of aromatic nitrogens is 3. The molecule has 3 aromatic heterocycles. The summed E-state index contributed by atoms with van der Waals surface area (Å²) in [7, 11) is 0. The Kier molecular flexibility index (Phi) is 6.24. The molecule has 1 amide bonds. The van der Waals surface area contributed by atoms with Crippen molar-refractivity contribution in [1.82, 2.24) is 14.0 Å². The Morgan fingerprint density at radius 3 is 2.64 bits per heavy atom. The van der Waals surface area contributed by atoms with E-state index in [9.17, 15) is 14.4 Å². The standard InChI is InChI=1S/C24H21BrN4O4/c1-4-33-24(32)18-13-17-20(26-19-10-5-6-11-28(19)23(17)31)29(14(2)3)21(18)27-22(30)15-8-7-9-16(25)12-15/h5-14H,4H2,1-3H3. The third kappa shape index (κ3) is 4.23. The van der Waals surface area contributed by atoms with Gasteiger partial charge in [-0.2, -0.15) is 4.99 Å². The number of amides is 1. The summed E-state index contributed by atoms with van der Waals surface area (Å²) >= 11 is 3.36. The van der Waals surface area contributed by atoms with Crippen LogP contribution in [0.15, 0.2) is 69.0 Å². The molecule has 4 aromatic rings. The predicted molar refractivity (Wildman–Crippen MR) is 127 cm³/mol. The first-order valence-electron chi connectivity index (χ1n) is 10.4. The van der Waals surface area contributed by atoms with Crippen LogP contribution in [-0.4, -0.2) is 32.4 Å². The molecule has 0 unspecified atom stereocenters. The topological polar surface area (TPSA) is 95.0 Å². The maximum Gasteiger partial charge on any atom is 0.341 e. The molecule has 0 aliphatic rings. The molecule has 168 valence electrons. The summed E-state index contributed by atoms with van der Waals surface area (Å²) in [6, 6.07) is 13.2. The van der Waals surface area contributed by atoms with Gasteiger partial charge in [0, 0.05) is 22.3 Å². The van der Waals surface area contributed by atoms with Gasteiger partial charge in [-0.05, 0) is 57.2 Å².